The van der Waals surface area contributed by atoms with Gasteiger partial charge in [0.25, 0.3) is 0 Å². The molecule has 0 bridgehead atoms. The molecular formula is C13H23N3OS. The lowest BCUT2D eigenvalue weighted by Crippen LogP contribution is -2.46. The molecule has 1 amide bonds. The van der Waals surface area contributed by atoms with Crippen molar-refractivity contribution in [3.63, 3.8) is 0 Å². The first kappa shape index (κ1) is 15.1. The molecule has 102 valence electrons. The first-order valence-corrected chi connectivity index (χ1v) is 7.27. The van der Waals surface area contributed by atoms with E-state index >= 15 is 0 Å². The SMILES string of the molecule is CCn1ccnc1SC(C)C(=O)NC(C)(C)CC. The third-order valence-corrected chi connectivity index (χ3v) is 4.13. The highest BCUT2D eigenvalue weighted by Crippen LogP contribution is 2.22. The van der Waals surface area contributed by atoms with E-state index in [2.05, 4.69) is 24.1 Å². The van der Waals surface area contributed by atoms with E-state index in [0.717, 1.165) is 18.1 Å². The van der Waals surface area contributed by atoms with Crippen molar-refractivity contribution in [2.24, 2.45) is 0 Å². The molecule has 18 heavy (non-hydrogen) atoms. The number of carbonyl (C=O) groups is 1. The van der Waals surface area contributed by atoms with Gasteiger partial charge < -0.3 is 9.88 Å². The molecule has 0 aliphatic carbocycles. The third kappa shape index (κ3) is 4.05. The number of aryl methyl sites for hydroxylation is 1. The zero-order valence-corrected chi connectivity index (χ0v) is 12.7. The summed E-state index contributed by atoms with van der Waals surface area (Å²) in [7, 11) is 0. The van der Waals surface area contributed by atoms with E-state index in [9.17, 15) is 4.79 Å². The van der Waals surface area contributed by atoms with Crippen LogP contribution >= 0.6 is 11.8 Å². The average Bonchev–Trinajstić information content (AvgIpc) is 2.75. The van der Waals surface area contributed by atoms with E-state index in [1.807, 2.05) is 31.5 Å². The molecule has 1 aromatic heterocycles. The van der Waals surface area contributed by atoms with Crippen molar-refractivity contribution >= 4 is 17.7 Å². The molecule has 0 aliphatic heterocycles. The number of imidazole rings is 1. The largest absolute Gasteiger partial charge is 0.350 e. The molecular weight excluding hydrogens is 246 g/mol. The van der Waals surface area contributed by atoms with Crippen molar-refractivity contribution in [1.29, 1.82) is 0 Å². The van der Waals surface area contributed by atoms with Gasteiger partial charge in [0.05, 0.1) is 5.25 Å². The summed E-state index contributed by atoms with van der Waals surface area (Å²) < 4.78 is 2.04. The zero-order valence-electron chi connectivity index (χ0n) is 11.9. The number of thioether (sulfide) groups is 1. The van der Waals surface area contributed by atoms with Crippen LogP contribution in [0.25, 0.3) is 0 Å². The maximum atomic E-state index is 12.1. The first-order chi connectivity index (χ1) is 8.39. The average molecular weight is 269 g/mol. The van der Waals surface area contributed by atoms with Crippen LogP contribution in [0.2, 0.25) is 0 Å². The lowest BCUT2D eigenvalue weighted by Gasteiger charge is -2.26. The molecule has 5 heteroatoms. The van der Waals surface area contributed by atoms with Crippen LogP contribution in [0.5, 0.6) is 0 Å². The Balaban J connectivity index is 2.60. The molecule has 0 saturated heterocycles. The molecule has 1 heterocycles. The Kier molecular flexibility index (Phi) is 5.26. The summed E-state index contributed by atoms with van der Waals surface area (Å²) in [5, 5.41) is 3.82. The number of nitrogens with one attached hydrogen (secondary N) is 1. The highest BCUT2D eigenvalue weighted by molar-refractivity contribution is 8.00. The molecule has 1 rings (SSSR count). The van der Waals surface area contributed by atoms with Gasteiger partial charge in [-0.25, -0.2) is 4.98 Å². The highest BCUT2D eigenvalue weighted by Gasteiger charge is 2.23. The van der Waals surface area contributed by atoms with Crippen LogP contribution in [0, 0.1) is 0 Å². The van der Waals surface area contributed by atoms with Crippen LogP contribution in [0.4, 0.5) is 0 Å². The summed E-state index contributed by atoms with van der Waals surface area (Å²) in [6.45, 7) is 11.0. The highest BCUT2D eigenvalue weighted by atomic mass is 32.2. The fourth-order valence-corrected chi connectivity index (χ4v) is 2.32. The van der Waals surface area contributed by atoms with Crippen LogP contribution < -0.4 is 5.32 Å². The van der Waals surface area contributed by atoms with E-state index in [1.165, 1.54) is 11.8 Å². The number of hydrogen-bond donors (Lipinski definition) is 1. The molecule has 0 saturated carbocycles. The maximum absolute atomic E-state index is 12.1. The summed E-state index contributed by atoms with van der Waals surface area (Å²) >= 11 is 1.50. The minimum atomic E-state index is -0.147. The summed E-state index contributed by atoms with van der Waals surface area (Å²) in [6, 6.07) is 0. The summed E-state index contributed by atoms with van der Waals surface area (Å²) in [5.41, 5.74) is -0.147. The van der Waals surface area contributed by atoms with Gasteiger partial charge in [0.1, 0.15) is 0 Å². The Morgan fingerprint density at radius 3 is 2.78 bits per heavy atom. The minimum Gasteiger partial charge on any atom is -0.350 e. The fourth-order valence-electron chi connectivity index (χ4n) is 1.39. The number of rotatable bonds is 6. The number of amides is 1. The molecule has 0 fully saturated rings. The van der Waals surface area contributed by atoms with E-state index < -0.39 is 0 Å². The van der Waals surface area contributed by atoms with Crippen molar-refractivity contribution in [3.05, 3.63) is 12.4 Å². The second-order valence-corrected chi connectivity index (χ2v) is 6.29. The fraction of sp³-hybridized carbons (Fsp3) is 0.692. The van der Waals surface area contributed by atoms with E-state index in [0.29, 0.717) is 0 Å². The van der Waals surface area contributed by atoms with Crippen molar-refractivity contribution in [2.75, 3.05) is 0 Å². The lowest BCUT2D eigenvalue weighted by molar-refractivity contribution is -0.121. The van der Waals surface area contributed by atoms with Gasteiger partial charge in [-0.1, -0.05) is 18.7 Å². The first-order valence-electron chi connectivity index (χ1n) is 6.39. The molecule has 1 unspecified atom stereocenters. The lowest BCUT2D eigenvalue weighted by atomic mass is 10.0. The van der Waals surface area contributed by atoms with E-state index in [4.69, 9.17) is 0 Å². The quantitative estimate of drug-likeness (QED) is 0.808. The molecule has 0 spiro atoms. The van der Waals surface area contributed by atoms with Crippen LogP contribution in [0.3, 0.4) is 0 Å². The van der Waals surface area contributed by atoms with Crippen molar-refractivity contribution < 1.29 is 4.79 Å². The van der Waals surface area contributed by atoms with Gasteiger partial charge in [-0.05, 0) is 34.1 Å². The molecule has 0 radical (unpaired) electrons. The van der Waals surface area contributed by atoms with Gasteiger partial charge in [-0.3, -0.25) is 4.79 Å². The van der Waals surface area contributed by atoms with Crippen LogP contribution in [0.1, 0.15) is 41.0 Å². The van der Waals surface area contributed by atoms with Gasteiger partial charge in [0.15, 0.2) is 5.16 Å². The summed E-state index contributed by atoms with van der Waals surface area (Å²) in [5.74, 6) is 0.0671. The molecule has 0 aromatic carbocycles. The predicted octanol–water partition coefficient (Wildman–Crippen LogP) is 2.69. The van der Waals surface area contributed by atoms with Gasteiger partial charge in [-0.15, -0.1) is 0 Å². The molecule has 1 atom stereocenters. The summed E-state index contributed by atoms with van der Waals surface area (Å²) in [6.07, 6.45) is 4.62. The zero-order chi connectivity index (χ0) is 13.8. The number of nitrogens with zero attached hydrogens (tertiary/aromatic N) is 2. The monoisotopic (exact) mass is 269 g/mol. The van der Waals surface area contributed by atoms with Gasteiger partial charge in [-0.2, -0.15) is 0 Å². The van der Waals surface area contributed by atoms with Crippen LogP contribution in [-0.4, -0.2) is 26.2 Å². The Labute approximate surface area is 114 Å². The Morgan fingerprint density at radius 2 is 2.22 bits per heavy atom. The molecule has 0 aliphatic rings. The van der Waals surface area contributed by atoms with Crippen LogP contribution in [-0.2, 0) is 11.3 Å². The Bertz CT molecular complexity index is 401. The van der Waals surface area contributed by atoms with Gasteiger partial charge in [0, 0.05) is 24.5 Å². The third-order valence-electron chi connectivity index (χ3n) is 3.01. The Hall–Kier alpha value is -0.970. The minimum absolute atomic E-state index is 0.0671. The van der Waals surface area contributed by atoms with Crippen molar-refractivity contribution in [2.45, 2.75) is 63.5 Å². The number of carbonyl (C=O) groups excluding carboxylic acids is 1. The van der Waals surface area contributed by atoms with Gasteiger partial charge >= 0.3 is 0 Å². The second-order valence-electron chi connectivity index (χ2n) is 4.98. The molecule has 1 N–H and O–H groups in total. The van der Waals surface area contributed by atoms with Crippen LogP contribution in [0.15, 0.2) is 17.6 Å². The smallest absolute Gasteiger partial charge is 0.233 e. The van der Waals surface area contributed by atoms with E-state index in [-0.39, 0.29) is 16.7 Å². The number of aromatic nitrogens is 2. The van der Waals surface area contributed by atoms with Crippen molar-refractivity contribution in [3.8, 4) is 0 Å². The van der Waals surface area contributed by atoms with E-state index in [1.54, 1.807) is 6.20 Å². The summed E-state index contributed by atoms with van der Waals surface area (Å²) in [4.78, 5) is 16.3. The molecule has 1 aromatic rings. The maximum Gasteiger partial charge on any atom is 0.233 e. The van der Waals surface area contributed by atoms with Gasteiger partial charge in [0.2, 0.25) is 5.91 Å². The van der Waals surface area contributed by atoms with Crippen molar-refractivity contribution in [1.82, 2.24) is 14.9 Å². The topological polar surface area (TPSA) is 46.9 Å². The Morgan fingerprint density at radius 1 is 1.56 bits per heavy atom. The predicted molar refractivity (Wildman–Crippen MR) is 75.7 cm³/mol. The number of hydrogen-bond acceptors (Lipinski definition) is 3. The normalized spacial score (nSPS) is 13.4. The second kappa shape index (κ2) is 6.27. The molecule has 4 nitrogen and oxygen atoms in total. The standard InChI is InChI=1S/C13H23N3OS/c1-6-13(4,5)15-11(17)10(3)18-12-14-8-9-16(12)7-2/h8-10H,6-7H2,1-5H3,(H,15,17).